The lowest BCUT2D eigenvalue weighted by Crippen LogP contribution is -2.23. The fourth-order valence-electron chi connectivity index (χ4n) is 2.04. The molecule has 102 valence electrons. The first kappa shape index (κ1) is 12.9. The van der Waals surface area contributed by atoms with Gasteiger partial charge in [0.1, 0.15) is 4.83 Å². The second-order valence-electron chi connectivity index (χ2n) is 4.68. The molecule has 0 unspecified atom stereocenters. The summed E-state index contributed by atoms with van der Waals surface area (Å²) in [4.78, 5) is 17.3. The predicted molar refractivity (Wildman–Crippen MR) is 83.5 cm³/mol. The molecule has 3 aromatic rings. The van der Waals surface area contributed by atoms with Crippen LogP contribution in [0.4, 0.5) is 5.69 Å². The number of fused-ring (bicyclic) bond motifs is 1. The van der Waals surface area contributed by atoms with Crippen LogP contribution >= 0.6 is 11.3 Å². The van der Waals surface area contributed by atoms with E-state index in [1.54, 1.807) is 10.9 Å². The molecule has 5 heteroatoms. The van der Waals surface area contributed by atoms with Gasteiger partial charge >= 0.3 is 0 Å². The number of aryl methyl sites for hydroxylation is 1. The van der Waals surface area contributed by atoms with E-state index in [2.05, 4.69) is 29.4 Å². The minimum absolute atomic E-state index is 0.0296. The molecule has 1 aromatic carbocycles. The van der Waals surface area contributed by atoms with Gasteiger partial charge in [-0.3, -0.25) is 9.36 Å². The molecular weight excluding hydrogens is 270 g/mol. The first-order valence-corrected chi connectivity index (χ1v) is 7.35. The number of rotatable bonds is 4. The van der Waals surface area contributed by atoms with Crippen molar-refractivity contribution in [2.45, 2.75) is 13.5 Å². The summed E-state index contributed by atoms with van der Waals surface area (Å²) in [6.07, 6.45) is 1.62. The Hall–Kier alpha value is -2.14. The van der Waals surface area contributed by atoms with Crippen LogP contribution in [0.2, 0.25) is 0 Å². The Balaban J connectivity index is 1.69. The van der Waals surface area contributed by atoms with E-state index in [1.165, 1.54) is 16.9 Å². The average Bonchev–Trinajstić information content (AvgIpc) is 2.93. The minimum Gasteiger partial charge on any atom is -0.383 e. The number of anilines is 1. The Bertz CT molecular complexity index is 774. The van der Waals surface area contributed by atoms with Crippen LogP contribution in [0.15, 0.2) is 46.8 Å². The number of nitrogens with zero attached hydrogens (tertiary/aromatic N) is 2. The van der Waals surface area contributed by atoms with Gasteiger partial charge in [-0.2, -0.15) is 0 Å². The fourth-order valence-corrected chi connectivity index (χ4v) is 2.77. The number of hydrogen-bond donors (Lipinski definition) is 1. The van der Waals surface area contributed by atoms with E-state index in [-0.39, 0.29) is 5.56 Å². The molecule has 0 aliphatic heterocycles. The number of hydrogen-bond acceptors (Lipinski definition) is 4. The second kappa shape index (κ2) is 5.46. The lowest BCUT2D eigenvalue weighted by Gasteiger charge is -2.08. The summed E-state index contributed by atoms with van der Waals surface area (Å²) >= 11 is 1.49. The molecule has 0 atom stereocenters. The molecule has 2 aromatic heterocycles. The summed E-state index contributed by atoms with van der Waals surface area (Å²) in [5, 5.41) is 5.90. The number of thiophene rings is 1. The van der Waals surface area contributed by atoms with Crippen molar-refractivity contribution in [2.75, 3.05) is 11.9 Å². The first-order chi connectivity index (χ1) is 9.74. The highest BCUT2D eigenvalue weighted by atomic mass is 32.1. The molecule has 1 N–H and O–H groups in total. The molecule has 0 aliphatic carbocycles. The van der Waals surface area contributed by atoms with Gasteiger partial charge in [-0.15, -0.1) is 11.3 Å². The van der Waals surface area contributed by atoms with E-state index in [1.807, 2.05) is 23.6 Å². The zero-order valence-electron chi connectivity index (χ0n) is 11.2. The van der Waals surface area contributed by atoms with E-state index < -0.39 is 0 Å². The topological polar surface area (TPSA) is 46.9 Å². The molecule has 20 heavy (non-hydrogen) atoms. The first-order valence-electron chi connectivity index (χ1n) is 6.47. The summed E-state index contributed by atoms with van der Waals surface area (Å²) < 4.78 is 1.65. The van der Waals surface area contributed by atoms with Crippen LogP contribution in [-0.4, -0.2) is 16.1 Å². The van der Waals surface area contributed by atoms with Gasteiger partial charge in [0.05, 0.1) is 11.7 Å². The van der Waals surface area contributed by atoms with E-state index in [0.717, 1.165) is 10.5 Å². The molecule has 2 heterocycles. The van der Waals surface area contributed by atoms with Gasteiger partial charge in [-0.05, 0) is 30.5 Å². The third-order valence-corrected chi connectivity index (χ3v) is 4.00. The second-order valence-corrected chi connectivity index (χ2v) is 5.57. The van der Waals surface area contributed by atoms with Crippen LogP contribution in [0.25, 0.3) is 10.2 Å². The maximum absolute atomic E-state index is 12.2. The van der Waals surface area contributed by atoms with E-state index in [4.69, 9.17) is 0 Å². The highest BCUT2D eigenvalue weighted by Crippen LogP contribution is 2.13. The summed E-state index contributed by atoms with van der Waals surface area (Å²) in [6.45, 7) is 3.36. The van der Waals surface area contributed by atoms with Crippen LogP contribution in [-0.2, 0) is 6.54 Å². The van der Waals surface area contributed by atoms with Crippen LogP contribution in [0.3, 0.4) is 0 Å². The van der Waals surface area contributed by atoms with Crippen LogP contribution < -0.4 is 10.9 Å². The van der Waals surface area contributed by atoms with Crippen molar-refractivity contribution in [3.05, 3.63) is 58.0 Å². The molecule has 0 saturated heterocycles. The maximum atomic E-state index is 12.2. The number of nitrogens with one attached hydrogen (secondary N) is 1. The maximum Gasteiger partial charge on any atom is 0.262 e. The number of aromatic nitrogens is 2. The van der Waals surface area contributed by atoms with E-state index >= 15 is 0 Å². The summed E-state index contributed by atoms with van der Waals surface area (Å²) in [5.41, 5.74) is 2.33. The van der Waals surface area contributed by atoms with Gasteiger partial charge in [0.2, 0.25) is 0 Å². The molecule has 0 saturated carbocycles. The summed E-state index contributed by atoms with van der Waals surface area (Å²) in [5.74, 6) is 0. The smallest absolute Gasteiger partial charge is 0.262 e. The molecule has 0 spiro atoms. The molecule has 4 nitrogen and oxygen atoms in total. The standard InChI is InChI=1S/C15H15N3OS/c1-11-2-4-12(5-3-11)16-7-8-18-10-17-14-13(15(18)19)6-9-20-14/h2-6,9-10,16H,7-8H2,1H3. The molecular formula is C15H15N3OS. The number of benzene rings is 1. The zero-order valence-corrected chi connectivity index (χ0v) is 12.0. The van der Waals surface area contributed by atoms with Crippen molar-refractivity contribution in [1.82, 2.24) is 9.55 Å². The Morgan fingerprint density at radius 3 is 2.85 bits per heavy atom. The van der Waals surface area contributed by atoms with E-state index in [0.29, 0.717) is 18.5 Å². The van der Waals surface area contributed by atoms with Crippen LogP contribution in [0.1, 0.15) is 5.56 Å². The summed E-state index contributed by atoms with van der Waals surface area (Å²) in [6, 6.07) is 10.0. The molecule has 0 radical (unpaired) electrons. The molecule has 3 rings (SSSR count). The van der Waals surface area contributed by atoms with Crippen molar-refractivity contribution in [3.63, 3.8) is 0 Å². The Labute approximate surface area is 120 Å². The lowest BCUT2D eigenvalue weighted by molar-refractivity contribution is 0.690. The van der Waals surface area contributed by atoms with Crippen molar-refractivity contribution >= 4 is 27.2 Å². The normalized spacial score (nSPS) is 10.8. The van der Waals surface area contributed by atoms with E-state index in [9.17, 15) is 4.79 Å². The molecule has 0 amide bonds. The average molecular weight is 285 g/mol. The van der Waals surface area contributed by atoms with Gasteiger partial charge in [-0.25, -0.2) is 4.98 Å². The van der Waals surface area contributed by atoms with Crippen molar-refractivity contribution in [3.8, 4) is 0 Å². The Kier molecular flexibility index (Phi) is 3.52. The fraction of sp³-hybridized carbons (Fsp3) is 0.200. The highest BCUT2D eigenvalue weighted by Gasteiger charge is 2.04. The lowest BCUT2D eigenvalue weighted by atomic mass is 10.2. The Morgan fingerprint density at radius 2 is 2.05 bits per heavy atom. The van der Waals surface area contributed by atoms with Gasteiger partial charge < -0.3 is 5.32 Å². The SMILES string of the molecule is Cc1ccc(NCCn2cnc3sccc3c2=O)cc1. The predicted octanol–water partition coefficient (Wildman–Crippen LogP) is 2.88. The third-order valence-electron chi connectivity index (χ3n) is 3.18. The monoisotopic (exact) mass is 285 g/mol. The van der Waals surface area contributed by atoms with Crippen LogP contribution in [0, 0.1) is 6.92 Å². The zero-order chi connectivity index (χ0) is 13.9. The van der Waals surface area contributed by atoms with Gasteiger partial charge in [-0.1, -0.05) is 17.7 Å². The van der Waals surface area contributed by atoms with Crippen LogP contribution in [0.5, 0.6) is 0 Å². The van der Waals surface area contributed by atoms with Crippen molar-refractivity contribution < 1.29 is 0 Å². The van der Waals surface area contributed by atoms with Gasteiger partial charge in [0.25, 0.3) is 5.56 Å². The minimum atomic E-state index is 0.0296. The molecule has 0 fully saturated rings. The Morgan fingerprint density at radius 1 is 1.25 bits per heavy atom. The largest absolute Gasteiger partial charge is 0.383 e. The van der Waals surface area contributed by atoms with Gasteiger partial charge in [0, 0.05) is 18.8 Å². The van der Waals surface area contributed by atoms with Gasteiger partial charge in [0.15, 0.2) is 0 Å². The molecule has 0 bridgehead atoms. The van der Waals surface area contributed by atoms with Crippen molar-refractivity contribution in [1.29, 1.82) is 0 Å². The van der Waals surface area contributed by atoms with Crippen molar-refractivity contribution in [2.24, 2.45) is 0 Å². The third kappa shape index (κ3) is 2.58. The highest BCUT2D eigenvalue weighted by molar-refractivity contribution is 7.16. The molecule has 0 aliphatic rings. The quantitative estimate of drug-likeness (QED) is 0.802. The summed E-state index contributed by atoms with van der Waals surface area (Å²) in [7, 11) is 0.